The Balaban J connectivity index is 3.00. The number of carbonyl (C=O) groups excluding carboxylic acids is 2. The summed E-state index contributed by atoms with van der Waals surface area (Å²) in [4.78, 5) is 25.3. The van der Waals surface area contributed by atoms with Crippen LogP contribution in [0.4, 0.5) is 0 Å². The van der Waals surface area contributed by atoms with Gasteiger partial charge in [-0.2, -0.15) is 0 Å². The third kappa shape index (κ3) is 2.70. The number of ether oxygens (including phenoxy) is 2. The first-order valence-corrected chi connectivity index (χ1v) is 4.20. The van der Waals surface area contributed by atoms with Crippen molar-refractivity contribution < 1.29 is 19.1 Å². The van der Waals surface area contributed by atoms with E-state index in [4.69, 9.17) is 0 Å². The SMILES string of the molecule is COC(=O)C(=Cc1ccc[nH]1)C(=O)OC. The second-order valence-electron chi connectivity index (χ2n) is 2.67. The summed E-state index contributed by atoms with van der Waals surface area (Å²) >= 11 is 0. The van der Waals surface area contributed by atoms with Crippen molar-refractivity contribution in [3.05, 3.63) is 29.6 Å². The molecule has 1 aromatic heterocycles. The van der Waals surface area contributed by atoms with E-state index in [2.05, 4.69) is 14.5 Å². The van der Waals surface area contributed by atoms with Gasteiger partial charge in [-0.1, -0.05) is 0 Å². The largest absolute Gasteiger partial charge is 0.465 e. The van der Waals surface area contributed by atoms with Gasteiger partial charge in [-0.15, -0.1) is 0 Å². The molecule has 1 aromatic rings. The second kappa shape index (κ2) is 4.99. The molecule has 0 unspecified atom stereocenters. The molecular formula is C10H11NO4. The molecule has 0 atom stereocenters. The Labute approximate surface area is 86.7 Å². The van der Waals surface area contributed by atoms with E-state index in [1.54, 1.807) is 18.3 Å². The Hall–Kier alpha value is -2.04. The van der Waals surface area contributed by atoms with Crippen molar-refractivity contribution in [2.45, 2.75) is 0 Å². The van der Waals surface area contributed by atoms with Gasteiger partial charge in [-0.05, 0) is 18.2 Å². The zero-order chi connectivity index (χ0) is 11.3. The molecular weight excluding hydrogens is 198 g/mol. The molecule has 0 spiro atoms. The summed E-state index contributed by atoms with van der Waals surface area (Å²) in [5, 5.41) is 0. The maximum absolute atomic E-state index is 11.2. The highest BCUT2D eigenvalue weighted by Gasteiger charge is 2.19. The number of H-pyrrole nitrogens is 1. The molecule has 0 radical (unpaired) electrons. The van der Waals surface area contributed by atoms with Crippen LogP contribution >= 0.6 is 0 Å². The van der Waals surface area contributed by atoms with E-state index in [9.17, 15) is 9.59 Å². The average molecular weight is 209 g/mol. The fourth-order valence-electron chi connectivity index (χ4n) is 1.01. The number of nitrogens with one attached hydrogen (secondary N) is 1. The minimum atomic E-state index is -0.726. The lowest BCUT2D eigenvalue weighted by Crippen LogP contribution is -2.15. The molecule has 0 saturated carbocycles. The highest BCUT2D eigenvalue weighted by atomic mass is 16.5. The predicted molar refractivity (Wildman–Crippen MR) is 52.8 cm³/mol. The molecule has 1 heterocycles. The summed E-state index contributed by atoms with van der Waals surface area (Å²) in [5.74, 6) is -1.45. The van der Waals surface area contributed by atoms with Crippen molar-refractivity contribution in [3.8, 4) is 0 Å². The van der Waals surface area contributed by atoms with Crippen LogP contribution in [0.1, 0.15) is 5.69 Å². The number of aromatic amines is 1. The number of hydrogen-bond donors (Lipinski definition) is 1. The summed E-state index contributed by atoms with van der Waals surface area (Å²) in [7, 11) is 2.40. The van der Waals surface area contributed by atoms with Crippen molar-refractivity contribution in [3.63, 3.8) is 0 Å². The maximum atomic E-state index is 11.2. The van der Waals surface area contributed by atoms with Crippen LogP contribution in [0, 0.1) is 0 Å². The Morgan fingerprint density at radius 3 is 2.27 bits per heavy atom. The van der Waals surface area contributed by atoms with Crippen LogP contribution in [0.5, 0.6) is 0 Å². The van der Waals surface area contributed by atoms with Gasteiger partial charge in [-0.25, -0.2) is 9.59 Å². The van der Waals surface area contributed by atoms with Crippen LogP contribution in [-0.2, 0) is 19.1 Å². The van der Waals surface area contributed by atoms with Crippen LogP contribution in [0.3, 0.4) is 0 Å². The Bertz CT molecular complexity index is 360. The zero-order valence-electron chi connectivity index (χ0n) is 8.44. The quantitative estimate of drug-likeness (QED) is 0.345. The summed E-state index contributed by atoms with van der Waals surface area (Å²) in [6.07, 6.45) is 3.05. The van der Waals surface area contributed by atoms with Gasteiger partial charge >= 0.3 is 11.9 Å². The number of carbonyl (C=O) groups is 2. The molecule has 5 heteroatoms. The minimum Gasteiger partial charge on any atom is -0.465 e. The third-order valence-electron chi connectivity index (χ3n) is 1.73. The molecule has 0 amide bonds. The molecule has 80 valence electrons. The van der Waals surface area contributed by atoms with Crippen LogP contribution in [0.2, 0.25) is 0 Å². The van der Waals surface area contributed by atoms with E-state index in [0.717, 1.165) is 0 Å². The van der Waals surface area contributed by atoms with Crippen LogP contribution in [0.15, 0.2) is 23.9 Å². The van der Waals surface area contributed by atoms with Crippen molar-refractivity contribution in [2.24, 2.45) is 0 Å². The van der Waals surface area contributed by atoms with E-state index in [-0.39, 0.29) is 5.57 Å². The van der Waals surface area contributed by atoms with Gasteiger partial charge in [0.2, 0.25) is 0 Å². The third-order valence-corrected chi connectivity index (χ3v) is 1.73. The monoisotopic (exact) mass is 209 g/mol. The minimum absolute atomic E-state index is 0.151. The lowest BCUT2D eigenvalue weighted by Gasteiger charge is -2.02. The average Bonchev–Trinajstić information content (AvgIpc) is 2.76. The van der Waals surface area contributed by atoms with E-state index >= 15 is 0 Å². The zero-order valence-corrected chi connectivity index (χ0v) is 8.44. The fourth-order valence-corrected chi connectivity index (χ4v) is 1.01. The maximum Gasteiger partial charge on any atom is 0.345 e. The molecule has 0 aromatic carbocycles. The molecule has 15 heavy (non-hydrogen) atoms. The lowest BCUT2D eigenvalue weighted by atomic mass is 10.2. The number of methoxy groups -OCH3 is 2. The molecule has 0 fully saturated rings. The first-order chi connectivity index (χ1) is 7.19. The number of hydrogen-bond acceptors (Lipinski definition) is 4. The van der Waals surface area contributed by atoms with E-state index in [0.29, 0.717) is 5.69 Å². The molecule has 0 saturated heterocycles. The van der Waals surface area contributed by atoms with Crippen LogP contribution < -0.4 is 0 Å². The smallest absolute Gasteiger partial charge is 0.345 e. The number of esters is 2. The van der Waals surface area contributed by atoms with Crippen LogP contribution in [-0.4, -0.2) is 31.1 Å². The van der Waals surface area contributed by atoms with Gasteiger partial charge in [0.1, 0.15) is 5.57 Å². The fraction of sp³-hybridized carbons (Fsp3) is 0.200. The first kappa shape index (κ1) is 11.0. The number of rotatable bonds is 3. The van der Waals surface area contributed by atoms with E-state index < -0.39 is 11.9 Å². The van der Waals surface area contributed by atoms with Crippen LogP contribution in [0.25, 0.3) is 6.08 Å². The molecule has 5 nitrogen and oxygen atoms in total. The predicted octanol–water partition coefficient (Wildman–Crippen LogP) is 0.744. The summed E-state index contributed by atoms with van der Waals surface area (Å²) in [5.41, 5.74) is 0.475. The molecule has 0 aliphatic rings. The topological polar surface area (TPSA) is 68.4 Å². The van der Waals surface area contributed by atoms with Gasteiger partial charge in [-0.3, -0.25) is 0 Å². The molecule has 0 aliphatic heterocycles. The normalized spacial score (nSPS) is 9.20. The molecule has 1 rings (SSSR count). The molecule has 1 N–H and O–H groups in total. The summed E-state index contributed by atoms with van der Waals surface area (Å²) < 4.78 is 8.92. The lowest BCUT2D eigenvalue weighted by molar-refractivity contribution is -0.143. The molecule has 0 bridgehead atoms. The highest BCUT2D eigenvalue weighted by Crippen LogP contribution is 2.07. The van der Waals surface area contributed by atoms with E-state index in [1.807, 2.05) is 0 Å². The van der Waals surface area contributed by atoms with Crippen molar-refractivity contribution in [2.75, 3.05) is 14.2 Å². The van der Waals surface area contributed by atoms with Crippen molar-refractivity contribution >= 4 is 18.0 Å². The van der Waals surface area contributed by atoms with E-state index in [1.165, 1.54) is 20.3 Å². The second-order valence-corrected chi connectivity index (χ2v) is 2.67. The van der Waals surface area contributed by atoms with Gasteiger partial charge in [0, 0.05) is 11.9 Å². The molecule has 0 aliphatic carbocycles. The van der Waals surface area contributed by atoms with Gasteiger partial charge < -0.3 is 14.5 Å². The summed E-state index contributed by atoms with van der Waals surface area (Å²) in [6, 6.07) is 3.46. The van der Waals surface area contributed by atoms with Crippen molar-refractivity contribution in [1.29, 1.82) is 0 Å². The van der Waals surface area contributed by atoms with Gasteiger partial charge in [0.15, 0.2) is 0 Å². The summed E-state index contributed by atoms with van der Waals surface area (Å²) in [6.45, 7) is 0. The van der Waals surface area contributed by atoms with Gasteiger partial charge in [0.25, 0.3) is 0 Å². The standard InChI is InChI=1S/C10H11NO4/c1-14-9(12)8(10(13)15-2)6-7-4-3-5-11-7/h3-6,11H,1-2H3. The van der Waals surface area contributed by atoms with Crippen molar-refractivity contribution in [1.82, 2.24) is 4.98 Å². The Morgan fingerprint density at radius 1 is 1.27 bits per heavy atom. The first-order valence-electron chi connectivity index (χ1n) is 4.20. The Kier molecular flexibility index (Phi) is 3.68. The highest BCUT2D eigenvalue weighted by molar-refractivity contribution is 6.17. The Morgan fingerprint density at radius 2 is 1.87 bits per heavy atom. The number of aromatic nitrogens is 1. The van der Waals surface area contributed by atoms with Gasteiger partial charge in [0.05, 0.1) is 14.2 Å².